The summed E-state index contributed by atoms with van der Waals surface area (Å²) >= 11 is 0. The van der Waals surface area contributed by atoms with Crippen molar-refractivity contribution >= 4 is 12.3 Å². The number of phenols is 1. The van der Waals surface area contributed by atoms with E-state index >= 15 is 0 Å². The van der Waals surface area contributed by atoms with Crippen LogP contribution in [0.4, 0.5) is 4.79 Å². The zero-order chi connectivity index (χ0) is 15.2. The van der Waals surface area contributed by atoms with Crippen LogP contribution in [0.1, 0.15) is 33.3 Å². The second-order valence-electron chi connectivity index (χ2n) is 5.03. The van der Waals surface area contributed by atoms with Crippen LogP contribution in [0.15, 0.2) is 23.3 Å². The van der Waals surface area contributed by atoms with Gasteiger partial charge < -0.3 is 14.6 Å². The SMILES string of the molecule is CCOc1cc(C=NNC(=O)OC(C)(C)C)ccc1O. The molecule has 20 heavy (non-hydrogen) atoms. The number of carbonyl (C=O) groups is 1. The molecule has 0 unspecified atom stereocenters. The lowest BCUT2D eigenvalue weighted by Crippen LogP contribution is -2.29. The number of aromatic hydroxyl groups is 1. The number of nitrogens with one attached hydrogen (secondary N) is 1. The molecule has 0 fully saturated rings. The van der Waals surface area contributed by atoms with Gasteiger partial charge in [0.05, 0.1) is 12.8 Å². The normalized spacial score (nSPS) is 11.4. The molecule has 110 valence electrons. The molecular weight excluding hydrogens is 260 g/mol. The largest absolute Gasteiger partial charge is 0.504 e. The van der Waals surface area contributed by atoms with E-state index in [1.54, 1.807) is 32.9 Å². The number of carbonyl (C=O) groups excluding carboxylic acids is 1. The van der Waals surface area contributed by atoms with Gasteiger partial charge in [-0.2, -0.15) is 5.10 Å². The second-order valence-corrected chi connectivity index (χ2v) is 5.03. The lowest BCUT2D eigenvalue weighted by atomic mass is 10.2. The van der Waals surface area contributed by atoms with Crippen LogP contribution in [0.5, 0.6) is 11.5 Å². The first kappa shape index (κ1) is 15.8. The van der Waals surface area contributed by atoms with E-state index in [0.29, 0.717) is 17.9 Å². The van der Waals surface area contributed by atoms with Crippen molar-refractivity contribution in [3.63, 3.8) is 0 Å². The van der Waals surface area contributed by atoms with Crippen LogP contribution in [0.3, 0.4) is 0 Å². The Morgan fingerprint density at radius 2 is 2.15 bits per heavy atom. The van der Waals surface area contributed by atoms with Crippen LogP contribution in [0, 0.1) is 0 Å². The minimum absolute atomic E-state index is 0.0594. The number of rotatable bonds is 4. The molecule has 0 saturated heterocycles. The predicted molar refractivity (Wildman–Crippen MR) is 76.2 cm³/mol. The maximum Gasteiger partial charge on any atom is 0.428 e. The summed E-state index contributed by atoms with van der Waals surface area (Å²) in [5, 5.41) is 13.3. The molecule has 0 aliphatic carbocycles. The van der Waals surface area contributed by atoms with Gasteiger partial charge in [-0.25, -0.2) is 10.2 Å². The third-order valence-corrected chi connectivity index (χ3v) is 2.05. The first-order valence-corrected chi connectivity index (χ1v) is 6.29. The second kappa shape index (κ2) is 6.79. The summed E-state index contributed by atoms with van der Waals surface area (Å²) in [6, 6.07) is 4.77. The topological polar surface area (TPSA) is 80.2 Å². The molecule has 0 aromatic heterocycles. The monoisotopic (exact) mass is 280 g/mol. The van der Waals surface area contributed by atoms with E-state index in [1.165, 1.54) is 12.3 Å². The highest BCUT2D eigenvalue weighted by atomic mass is 16.6. The smallest absolute Gasteiger partial charge is 0.428 e. The summed E-state index contributed by atoms with van der Waals surface area (Å²) in [7, 11) is 0. The van der Waals surface area contributed by atoms with Crippen LogP contribution in [-0.2, 0) is 4.74 Å². The summed E-state index contributed by atoms with van der Waals surface area (Å²) in [6.45, 7) is 7.58. The van der Waals surface area contributed by atoms with Gasteiger partial charge in [-0.05, 0) is 51.5 Å². The van der Waals surface area contributed by atoms with E-state index in [4.69, 9.17) is 9.47 Å². The Bertz CT molecular complexity index is 492. The van der Waals surface area contributed by atoms with Gasteiger partial charge in [0.2, 0.25) is 0 Å². The van der Waals surface area contributed by atoms with E-state index in [1.807, 2.05) is 6.92 Å². The first-order chi connectivity index (χ1) is 9.31. The van der Waals surface area contributed by atoms with Crippen LogP contribution < -0.4 is 10.2 Å². The Morgan fingerprint density at radius 1 is 1.45 bits per heavy atom. The number of phenolic OH excluding ortho intramolecular Hbond substituents is 1. The van der Waals surface area contributed by atoms with Gasteiger partial charge in [0, 0.05) is 0 Å². The molecule has 0 aliphatic rings. The molecular formula is C14H20N2O4. The van der Waals surface area contributed by atoms with Gasteiger partial charge >= 0.3 is 6.09 Å². The van der Waals surface area contributed by atoms with Crippen LogP contribution in [0.25, 0.3) is 0 Å². The van der Waals surface area contributed by atoms with Gasteiger partial charge in [0.25, 0.3) is 0 Å². The Kier molecular flexibility index (Phi) is 5.37. The van der Waals surface area contributed by atoms with Crippen molar-refractivity contribution in [2.75, 3.05) is 6.61 Å². The van der Waals surface area contributed by atoms with Gasteiger partial charge in [-0.3, -0.25) is 0 Å². The number of hydrogen-bond acceptors (Lipinski definition) is 5. The number of hydrogen-bond donors (Lipinski definition) is 2. The highest BCUT2D eigenvalue weighted by Gasteiger charge is 2.15. The van der Waals surface area contributed by atoms with Gasteiger partial charge in [-0.1, -0.05) is 0 Å². The minimum atomic E-state index is -0.627. The zero-order valence-electron chi connectivity index (χ0n) is 12.1. The van der Waals surface area contributed by atoms with E-state index in [9.17, 15) is 9.90 Å². The number of ether oxygens (including phenoxy) is 2. The Labute approximate surface area is 118 Å². The van der Waals surface area contributed by atoms with Crippen molar-refractivity contribution in [2.45, 2.75) is 33.3 Å². The third-order valence-electron chi connectivity index (χ3n) is 2.05. The maximum absolute atomic E-state index is 11.4. The highest BCUT2D eigenvalue weighted by molar-refractivity contribution is 5.82. The fraction of sp³-hybridized carbons (Fsp3) is 0.429. The van der Waals surface area contributed by atoms with E-state index in [-0.39, 0.29) is 5.75 Å². The minimum Gasteiger partial charge on any atom is -0.504 e. The van der Waals surface area contributed by atoms with E-state index in [0.717, 1.165) is 0 Å². The standard InChI is InChI=1S/C14H20N2O4/c1-5-19-12-8-10(6-7-11(12)17)9-15-16-13(18)20-14(2,3)4/h6-9,17H,5H2,1-4H3,(H,16,18). The third kappa shape index (κ3) is 5.60. The summed E-state index contributed by atoms with van der Waals surface area (Å²) in [5.41, 5.74) is 2.37. The molecule has 0 spiro atoms. The van der Waals surface area contributed by atoms with Crippen molar-refractivity contribution in [3.8, 4) is 11.5 Å². The number of nitrogens with zero attached hydrogens (tertiary/aromatic N) is 1. The first-order valence-electron chi connectivity index (χ1n) is 6.29. The van der Waals surface area contributed by atoms with Crippen LogP contribution in [0.2, 0.25) is 0 Å². The van der Waals surface area contributed by atoms with Crippen molar-refractivity contribution < 1.29 is 19.4 Å². The molecule has 6 nitrogen and oxygen atoms in total. The molecule has 1 aromatic rings. The number of hydrazone groups is 1. The molecule has 0 bridgehead atoms. The van der Waals surface area contributed by atoms with Gasteiger partial charge in [0.15, 0.2) is 11.5 Å². The molecule has 0 aliphatic heterocycles. The quantitative estimate of drug-likeness (QED) is 0.656. The molecule has 0 radical (unpaired) electrons. The lowest BCUT2D eigenvalue weighted by molar-refractivity contribution is 0.0529. The Hall–Kier alpha value is -2.24. The number of benzene rings is 1. The predicted octanol–water partition coefficient (Wildman–Crippen LogP) is 2.65. The molecule has 6 heteroatoms. The van der Waals surface area contributed by atoms with E-state index < -0.39 is 11.7 Å². The summed E-state index contributed by atoms with van der Waals surface area (Å²) < 4.78 is 10.3. The van der Waals surface area contributed by atoms with Gasteiger partial charge in [-0.15, -0.1) is 0 Å². The highest BCUT2D eigenvalue weighted by Crippen LogP contribution is 2.26. The van der Waals surface area contributed by atoms with Crippen molar-refractivity contribution in [3.05, 3.63) is 23.8 Å². The van der Waals surface area contributed by atoms with Crippen LogP contribution >= 0.6 is 0 Å². The Morgan fingerprint density at radius 3 is 2.75 bits per heavy atom. The average molecular weight is 280 g/mol. The summed E-state index contributed by atoms with van der Waals surface area (Å²) in [5.74, 6) is 0.429. The maximum atomic E-state index is 11.4. The fourth-order valence-electron chi connectivity index (χ4n) is 1.34. The molecule has 0 saturated carbocycles. The number of amides is 1. The van der Waals surface area contributed by atoms with Crippen molar-refractivity contribution in [1.82, 2.24) is 5.43 Å². The average Bonchev–Trinajstić information content (AvgIpc) is 2.31. The fourth-order valence-corrected chi connectivity index (χ4v) is 1.34. The summed E-state index contributed by atoms with van der Waals surface area (Å²) in [4.78, 5) is 11.4. The Balaban J connectivity index is 2.62. The van der Waals surface area contributed by atoms with E-state index in [2.05, 4.69) is 10.5 Å². The van der Waals surface area contributed by atoms with Crippen molar-refractivity contribution in [2.24, 2.45) is 5.10 Å². The zero-order valence-corrected chi connectivity index (χ0v) is 12.1. The van der Waals surface area contributed by atoms with Crippen LogP contribution in [-0.4, -0.2) is 29.6 Å². The molecule has 1 aromatic carbocycles. The summed E-state index contributed by atoms with van der Waals surface area (Å²) in [6.07, 6.45) is 0.809. The molecule has 2 N–H and O–H groups in total. The molecule has 1 amide bonds. The lowest BCUT2D eigenvalue weighted by Gasteiger charge is -2.18. The molecule has 0 heterocycles. The molecule has 1 rings (SSSR count). The van der Waals surface area contributed by atoms with Gasteiger partial charge in [0.1, 0.15) is 5.60 Å². The van der Waals surface area contributed by atoms with Crippen molar-refractivity contribution in [1.29, 1.82) is 0 Å². The molecule has 0 atom stereocenters.